The van der Waals surface area contributed by atoms with Gasteiger partial charge < -0.3 is 5.11 Å². The summed E-state index contributed by atoms with van der Waals surface area (Å²) < 4.78 is 38.8. The molecule has 1 rings (SSSR count). The molecule has 0 aliphatic carbocycles. The molecule has 0 spiro atoms. The second-order valence-corrected chi connectivity index (χ2v) is 4.74. The first-order chi connectivity index (χ1) is 9.23. The van der Waals surface area contributed by atoms with Crippen molar-refractivity contribution in [2.75, 3.05) is 13.6 Å². The van der Waals surface area contributed by atoms with Gasteiger partial charge in [-0.15, -0.1) is 0 Å². The Hall–Kier alpha value is -1.56. The summed E-state index contributed by atoms with van der Waals surface area (Å²) in [4.78, 5) is 12.2. The van der Waals surface area contributed by atoms with E-state index in [1.165, 1.54) is 12.1 Å². The molecule has 0 aromatic heterocycles. The molecule has 20 heavy (non-hydrogen) atoms. The van der Waals surface area contributed by atoms with Gasteiger partial charge in [-0.25, -0.2) is 0 Å². The summed E-state index contributed by atoms with van der Waals surface area (Å²) in [6.07, 6.45) is -3.96. The van der Waals surface area contributed by atoms with Crippen molar-refractivity contribution < 1.29 is 23.1 Å². The molecule has 0 bridgehead atoms. The van der Waals surface area contributed by atoms with Gasteiger partial charge in [0, 0.05) is 12.5 Å². The van der Waals surface area contributed by atoms with Gasteiger partial charge in [0.15, 0.2) is 0 Å². The normalized spacial score (nSPS) is 13.5. The third-order valence-corrected chi connectivity index (χ3v) is 3.28. The van der Waals surface area contributed by atoms with Crippen molar-refractivity contribution in [1.82, 2.24) is 4.90 Å². The van der Waals surface area contributed by atoms with E-state index in [4.69, 9.17) is 5.11 Å². The second-order valence-electron chi connectivity index (χ2n) is 4.74. The molecule has 0 amide bonds. The van der Waals surface area contributed by atoms with E-state index in [-0.39, 0.29) is 12.0 Å². The minimum Gasteiger partial charge on any atom is -0.481 e. The molecule has 1 unspecified atom stereocenters. The van der Waals surface area contributed by atoms with Crippen LogP contribution in [-0.2, 0) is 11.0 Å². The van der Waals surface area contributed by atoms with Crippen LogP contribution in [0.3, 0.4) is 0 Å². The topological polar surface area (TPSA) is 40.5 Å². The van der Waals surface area contributed by atoms with E-state index in [1.807, 2.05) is 0 Å². The first kappa shape index (κ1) is 16.5. The number of hydrogen-bond acceptors (Lipinski definition) is 2. The first-order valence-electron chi connectivity index (χ1n) is 6.31. The van der Waals surface area contributed by atoms with Crippen LogP contribution in [0.15, 0.2) is 24.3 Å². The van der Waals surface area contributed by atoms with Gasteiger partial charge in [0.05, 0.1) is 5.56 Å². The average Bonchev–Trinajstić information content (AvgIpc) is 2.36. The fourth-order valence-electron chi connectivity index (χ4n) is 2.03. The molecule has 0 aliphatic rings. The van der Waals surface area contributed by atoms with Gasteiger partial charge in [-0.1, -0.05) is 18.2 Å². The summed E-state index contributed by atoms with van der Waals surface area (Å²) in [7, 11) is 1.69. The second kappa shape index (κ2) is 6.74. The molecule has 0 saturated carbocycles. The lowest BCUT2D eigenvalue weighted by molar-refractivity contribution is -0.138. The first-order valence-corrected chi connectivity index (χ1v) is 6.31. The number of aliphatic carboxylic acids is 1. The van der Waals surface area contributed by atoms with E-state index in [1.54, 1.807) is 24.9 Å². The number of carbonyl (C=O) groups is 1. The maximum absolute atomic E-state index is 12.9. The van der Waals surface area contributed by atoms with Crippen molar-refractivity contribution in [3.63, 3.8) is 0 Å². The smallest absolute Gasteiger partial charge is 0.416 e. The molecule has 1 aromatic rings. The number of benzene rings is 1. The molecular formula is C14H18F3NO2. The van der Waals surface area contributed by atoms with Crippen molar-refractivity contribution in [3.8, 4) is 0 Å². The van der Waals surface area contributed by atoms with Crippen LogP contribution in [0.1, 0.15) is 36.9 Å². The third-order valence-electron chi connectivity index (χ3n) is 3.28. The molecular weight excluding hydrogens is 271 g/mol. The number of nitrogens with zero attached hydrogens (tertiary/aromatic N) is 1. The van der Waals surface area contributed by atoms with Crippen molar-refractivity contribution in [3.05, 3.63) is 35.4 Å². The van der Waals surface area contributed by atoms with Crippen LogP contribution >= 0.6 is 0 Å². The highest BCUT2D eigenvalue weighted by atomic mass is 19.4. The molecule has 6 heteroatoms. The summed E-state index contributed by atoms with van der Waals surface area (Å²) >= 11 is 0. The van der Waals surface area contributed by atoms with E-state index in [2.05, 4.69) is 0 Å². The zero-order chi connectivity index (χ0) is 15.3. The maximum atomic E-state index is 12.9. The van der Waals surface area contributed by atoms with E-state index < -0.39 is 23.8 Å². The number of hydrogen-bond donors (Lipinski definition) is 1. The molecule has 112 valence electrons. The number of rotatable bonds is 6. The van der Waals surface area contributed by atoms with Crippen molar-refractivity contribution >= 4 is 5.97 Å². The van der Waals surface area contributed by atoms with E-state index in [9.17, 15) is 18.0 Å². The van der Waals surface area contributed by atoms with Gasteiger partial charge in [0.1, 0.15) is 0 Å². The van der Waals surface area contributed by atoms with Crippen LogP contribution in [0, 0.1) is 0 Å². The summed E-state index contributed by atoms with van der Waals surface area (Å²) in [6, 6.07) is 5.04. The number of carboxylic acid groups (broad SMARTS) is 1. The number of alkyl halides is 3. The molecule has 0 saturated heterocycles. The van der Waals surface area contributed by atoms with Gasteiger partial charge in [-0.2, -0.15) is 13.2 Å². The largest absolute Gasteiger partial charge is 0.481 e. The lowest BCUT2D eigenvalue weighted by Crippen LogP contribution is -2.26. The summed E-state index contributed by atoms with van der Waals surface area (Å²) in [6.45, 7) is 2.12. The van der Waals surface area contributed by atoms with Crippen LogP contribution in [0.2, 0.25) is 0 Å². The highest BCUT2D eigenvalue weighted by Crippen LogP contribution is 2.35. The Morgan fingerprint density at radius 1 is 1.35 bits per heavy atom. The van der Waals surface area contributed by atoms with Crippen molar-refractivity contribution in [1.29, 1.82) is 0 Å². The highest BCUT2D eigenvalue weighted by Gasteiger charge is 2.34. The van der Waals surface area contributed by atoms with Crippen LogP contribution < -0.4 is 0 Å². The Labute approximate surface area is 116 Å². The molecule has 0 radical (unpaired) electrons. The van der Waals surface area contributed by atoms with Crippen LogP contribution in [0.5, 0.6) is 0 Å². The third kappa shape index (κ3) is 4.52. The Bertz CT molecular complexity index is 460. The number of halogens is 3. The fraction of sp³-hybridized carbons (Fsp3) is 0.500. The van der Waals surface area contributed by atoms with E-state index in [0.29, 0.717) is 13.0 Å². The molecule has 0 fully saturated rings. The summed E-state index contributed by atoms with van der Waals surface area (Å²) in [5.41, 5.74) is -0.435. The van der Waals surface area contributed by atoms with Gasteiger partial charge >= 0.3 is 12.1 Å². The SMILES string of the molecule is CC(c1ccccc1C(F)(F)F)N(C)CCCC(=O)O. The van der Waals surface area contributed by atoms with Crippen molar-refractivity contribution in [2.45, 2.75) is 32.0 Å². The monoisotopic (exact) mass is 289 g/mol. The quantitative estimate of drug-likeness (QED) is 0.870. The Kier molecular flexibility index (Phi) is 5.56. The predicted molar refractivity (Wildman–Crippen MR) is 69.4 cm³/mol. The van der Waals surface area contributed by atoms with Crippen molar-refractivity contribution in [2.24, 2.45) is 0 Å². The van der Waals surface area contributed by atoms with Gasteiger partial charge in [0.2, 0.25) is 0 Å². The fourth-order valence-corrected chi connectivity index (χ4v) is 2.03. The molecule has 1 atom stereocenters. The molecule has 1 N–H and O–H groups in total. The van der Waals surface area contributed by atoms with E-state index in [0.717, 1.165) is 6.07 Å². The van der Waals surface area contributed by atoms with Gasteiger partial charge in [-0.3, -0.25) is 9.69 Å². The average molecular weight is 289 g/mol. The van der Waals surface area contributed by atoms with Gasteiger partial charge in [0.25, 0.3) is 0 Å². The molecule has 0 heterocycles. The zero-order valence-electron chi connectivity index (χ0n) is 11.4. The zero-order valence-corrected chi connectivity index (χ0v) is 11.4. The summed E-state index contributed by atoms with van der Waals surface area (Å²) in [5, 5.41) is 8.57. The lowest BCUT2D eigenvalue weighted by atomic mass is 10.00. The van der Waals surface area contributed by atoms with Crippen LogP contribution in [0.25, 0.3) is 0 Å². The maximum Gasteiger partial charge on any atom is 0.416 e. The molecule has 1 aromatic carbocycles. The molecule has 0 aliphatic heterocycles. The van der Waals surface area contributed by atoms with Crippen LogP contribution in [-0.4, -0.2) is 29.6 Å². The summed E-state index contributed by atoms with van der Waals surface area (Å²) in [5.74, 6) is -0.901. The Balaban J connectivity index is 2.81. The standard InChI is InChI=1S/C14H18F3NO2/c1-10(18(2)9-5-8-13(19)20)11-6-3-4-7-12(11)14(15,16)17/h3-4,6-7,10H,5,8-9H2,1-2H3,(H,19,20). The highest BCUT2D eigenvalue weighted by molar-refractivity contribution is 5.66. The van der Waals surface area contributed by atoms with Crippen LogP contribution in [0.4, 0.5) is 13.2 Å². The Morgan fingerprint density at radius 2 is 1.95 bits per heavy atom. The molecule has 3 nitrogen and oxygen atoms in total. The Morgan fingerprint density at radius 3 is 2.50 bits per heavy atom. The lowest BCUT2D eigenvalue weighted by Gasteiger charge is -2.27. The minimum absolute atomic E-state index is 0.0119. The van der Waals surface area contributed by atoms with Gasteiger partial charge in [-0.05, 0) is 38.6 Å². The minimum atomic E-state index is -4.38. The van der Waals surface area contributed by atoms with E-state index >= 15 is 0 Å². The predicted octanol–water partition coefficient (Wildman–Crippen LogP) is 3.56. The number of carboxylic acids is 1.